The molecule has 5 nitrogen and oxygen atoms in total. The maximum absolute atomic E-state index is 6.19. The molecule has 0 bridgehead atoms. The molecule has 4 aromatic rings. The van der Waals surface area contributed by atoms with E-state index in [2.05, 4.69) is 41.7 Å². The van der Waals surface area contributed by atoms with Gasteiger partial charge in [0.05, 0.1) is 13.7 Å². The smallest absolute Gasteiger partial charge is 0.189 e. The van der Waals surface area contributed by atoms with Gasteiger partial charge in [0.2, 0.25) is 0 Å². The van der Waals surface area contributed by atoms with Crippen molar-refractivity contribution in [1.29, 1.82) is 0 Å². The van der Waals surface area contributed by atoms with Crippen LogP contribution in [0.5, 0.6) is 17.2 Å². The predicted octanol–water partition coefficient (Wildman–Crippen LogP) is 6.26. The van der Waals surface area contributed by atoms with Crippen LogP contribution in [-0.2, 0) is 30.8 Å². The van der Waals surface area contributed by atoms with Crippen molar-refractivity contribution in [2.24, 2.45) is 0 Å². The molecule has 0 aliphatic carbocycles. The Morgan fingerprint density at radius 2 is 1.43 bits per heavy atom. The van der Waals surface area contributed by atoms with Gasteiger partial charge in [-0.3, -0.25) is 0 Å². The zero-order valence-corrected chi connectivity index (χ0v) is 21.2. The van der Waals surface area contributed by atoms with Crippen LogP contribution in [0.15, 0.2) is 97.1 Å². The van der Waals surface area contributed by atoms with Crippen molar-refractivity contribution >= 4 is 0 Å². The van der Waals surface area contributed by atoms with Gasteiger partial charge in [-0.05, 0) is 71.5 Å². The first-order valence-corrected chi connectivity index (χ1v) is 12.7. The van der Waals surface area contributed by atoms with E-state index < -0.39 is 0 Å². The van der Waals surface area contributed by atoms with Gasteiger partial charge >= 0.3 is 0 Å². The molecular weight excluding hydrogens is 462 g/mol. The summed E-state index contributed by atoms with van der Waals surface area (Å²) in [5.41, 5.74) is 6.08. The minimum Gasteiger partial charge on any atom is -0.493 e. The Kier molecular flexibility index (Phi) is 8.36. The molecule has 1 atom stereocenters. The van der Waals surface area contributed by atoms with E-state index in [-0.39, 0.29) is 12.8 Å². The maximum Gasteiger partial charge on any atom is 0.189 e. The number of fused-ring (bicyclic) bond motifs is 1. The zero-order chi connectivity index (χ0) is 25.3. The Bertz CT molecular complexity index is 1260. The largest absolute Gasteiger partial charge is 0.493 e. The zero-order valence-electron chi connectivity index (χ0n) is 21.2. The summed E-state index contributed by atoms with van der Waals surface area (Å²) in [6, 6.07) is 33.0. The highest BCUT2D eigenvalue weighted by Crippen LogP contribution is 2.37. The second kappa shape index (κ2) is 12.4. The van der Waals surface area contributed by atoms with Crippen molar-refractivity contribution in [1.82, 2.24) is 5.32 Å². The SMILES string of the molecule is COc1cc2c(cc1OCc1ccccc1)C(Cc1ccc(OCOCc3ccccc3)cc1)NCC2. The lowest BCUT2D eigenvalue weighted by Gasteiger charge is -2.28. The second-order valence-electron chi connectivity index (χ2n) is 9.18. The molecule has 37 heavy (non-hydrogen) atoms. The molecule has 0 spiro atoms. The third-order valence-electron chi connectivity index (χ3n) is 6.61. The summed E-state index contributed by atoms with van der Waals surface area (Å²) in [7, 11) is 1.70. The Morgan fingerprint density at radius 1 is 0.730 bits per heavy atom. The monoisotopic (exact) mass is 495 g/mol. The Balaban J connectivity index is 1.20. The average Bonchev–Trinajstić information content (AvgIpc) is 2.96. The van der Waals surface area contributed by atoms with Crippen LogP contribution in [0.2, 0.25) is 0 Å². The maximum atomic E-state index is 6.19. The molecule has 1 aliphatic heterocycles. The van der Waals surface area contributed by atoms with Crippen LogP contribution >= 0.6 is 0 Å². The molecule has 5 heteroatoms. The van der Waals surface area contributed by atoms with Gasteiger partial charge in [0.1, 0.15) is 12.4 Å². The van der Waals surface area contributed by atoms with Crippen LogP contribution in [0.3, 0.4) is 0 Å². The van der Waals surface area contributed by atoms with Gasteiger partial charge in [-0.25, -0.2) is 0 Å². The van der Waals surface area contributed by atoms with Crippen molar-refractivity contribution in [3.05, 3.63) is 125 Å². The number of methoxy groups -OCH3 is 1. The summed E-state index contributed by atoms with van der Waals surface area (Å²) in [6.45, 7) is 2.20. The van der Waals surface area contributed by atoms with Crippen LogP contribution in [0.25, 0.3) is 0 Å². The van der Waals surface area contributed by atoms with Gasteiger partial charge in [-0.15, -0.1) is 0 Å². The summed E-state index contributed by atoms with van der Waals surface area (Å²) in [5, 5.41) is 3.69. The highest BCUT2D eigenvalue weighted by atomic mass is 16.7. The highest BCUT2D eigenvalue weighted by Gasteiger charge is 2.23. The van der Waals surface area contributed by atoms with Gasteiger partial charge in [-0.1, -0.05) is 72.8 Å². The Morgan fingerprint density at radius 3 is 2.14 bits per heavy atom. The topological polar surface area (TPSA) is 49.0 Å². The van der Waals surface area contributed by atoms with E-state index in [9.17, 15) is 0 Å². The fourth-order valence-corrected chi connectivity index (χ4v) is 4.64. The quantitative estimate of drug-likeness (QED) is 0.197. The molecule has 0 saturated carbocycles. The van der Waals surface area contributed by atoms with Gasteiger partial charge < -0.3 is 24.3 Å². The van der Waals surface area contributed by atoms with E-state index >= 15 is 0 Å². The van der Waals surface area contributed by atoms with Crippen LogP contribution in [0.4, 0.5) is 0 Å². The molecule has 1 heterocycles. The van der Waals surface area contributed by atoms with Crippen LogP contribution in [0, 0.1) is 0 Å². The molecule has 4 aromatic carbocycles. The number of ether oxygens (including phenoxy) is 4. The lowest BCUT2D eigenvalue weighted by Crippen LogP contribution is -2.31. The third kappa shape index (κ3) is 6.70. The number of benzene rings is 4. The van der Waals surface area contributed by atoms with Crippen LogP contribution in [-0.4, -0.2) is 20.4 Å². The molecule has 0 radical (unpaired) electrons. The molecular formula is C32H33NO4. The van der Waals surface area contributed by atoms with E-state index in [0.29, 0.717) is 13.2 Å². The van der Waals surface area contributed by atoms with E-state index in [1.165, 1.54) is 16.7 Å². The molecule has 0 aromatic heterocycles. The number of hydrogen-bond donors (Lipinski definition) is 1. The molecule has 0 amide bonds. The Hall–Kier alpha value is -3.80. The number of nitrogens with one attached hydrogen (secondary N) is 1. The van der Waals surface area contributed by atoms with Gasteiger partial charge in [0, 0.05) is 6.04 Å². The lowest BCUT2D eigenvalue weighted by molar-refractivity contribution is 0.00504. The number of rotatable bonds is 11. The van der Waals surface area contributed by atoms with Crippen LogP contribution < -0.4 is 19.5 Å². The van der Waals surface area contributed by atoms with E-state index in [1.54, 1.807) is 7.11 Å². The first-order chi connectivity index (χ1) is 18.3. The summed E-state index contributed by atoms with van der Waals surface area (Å²) in [6.07, 6.45) is 1.85. The minimum absolute atomic E-state index is 0.203. The average molecular weight is 496 g/mol. The predicted molar refractivity (Wildman–Crippen MR) is 145 cm³/mol. The summed E-state index contributed by atoms with van der Waals surface area (Å²) in [4.78, 5) is 0. The summed E-state index contributed by atoms with van der Waals surface area (Å²) >= 11 is 0. The van der Waals surface area contributed by atoms with Gasteiger partial charge in [-0.2, -0.15) is 0 Å². The first kappa shape index (κ1) is 24.9. The van der Waals surface area contributed by atoms with Crippen LogP contribution in [0.1, 0.15) is 33.9 Å². The number of hydrogen-bond acceptors (Lipinski definition) is 5. The molecule has 190 valence electrons. The molecule has 1 aliphatic rings. The van der Waals surface area contributed by atoms with Crippen molar-refractivity contribution < 1.29 is 18.9 Å². The normalized spacial score (nSPS) is 14.6. The molecule has 1 unspecified atom stereocenters. The molecule has 0 fully saturated rings. The van der Waals surface area contributed by atoms with E-state index in [4.69, 9.17) is 18.9 Å². The fourth-order valence-electron chi connectivity index (χ4n) is 4.64. The highest BCUT2D eigenvalue weighted by molar-refractivity contribution is 5.50. The van der Waals surface area contributed by atoms with Crippen molar-refractivity contribution in [3.8, 4) is 17.2 Å². The first-order valence-electron chi connectivity index (χ1n) is 12.7. The van der Waals surface area contributed by atoms with E-state index in [1.807, 2.05) is 60.7 Å². The minimum atomic E-state index is 0.203. The third-order valence-corrected chi connectivity index (χ3v) is 6.61. The summed E-state index contributed by atoms with van der Waals surface area (Å²) < 4.78 is 23.3. The Labute approximate surface area is 219 Å². The van der Waals surface area contributed by atoms with Gasteiger partial charge in [0.25, 0.3) is 0 Å². The van der Waals surface area contributed by atoms with E-state index in [0.717, 1.165) is 47.8 Å². The standard InChI is InChI=1S/C32H33NO4/c1-34-31-19-27-16-17-33-30(29(27)20-32(31)36-22-26-10-6-3-7-11-26)18-24-12-14-28(15-13-24)37-23-35-21-25-8-4-2-5-9-25/h2-15,19-20,30,33H,16-18,21-23H2,1H3. The van der Waals surface area contributed by atoms with Crippen molar-refractivity contribution in [2.45, 2.75) is 32.1 Å². The fraction of sp³-hybridized carbons (Fsp3) is 0.250. The molecule has 0 saturated heterocycles. The molecule has 5 rings (SSSR count). The second-order valence-corrected chi connectivity index (χ2v) is 9.18. The van der Waals surface area contributed by atoms with Crippen molar-refractivity contribution in [2.75, 3.05) is 20.4 Å². The van der Waals surface area contributed by atoms with Crippen molar-refractivity contribution in [3.63, 3.8) is 0 Å². The summed E-state index contributed by atoms with van der Waals surface area (Å²) in [5.74, 6) is 2.36. The van der Waals surface area contributed by atoms with Gasteiger partial charge in [0.15, 0.2) is 18.3 Å². The molecule has 1 N–H and O–H groups in total. The lowest BCUT2D eigenvalue weighted by atomic mass is 9.90.